The molecule has 0 atom stereocenters. The van der Waals surface area contributed by atoms with Gasteiger partial charge in [0.1, 0.15) is 0 Å². The van der Waals surface area contributed by atoms with Crippen LogP contribution in [0.4, 0.5) is 4.39 Å². The van der Waals surface area contributed by atoms with E-state index in [2.05, 4.69) is 0 Å². The third kappa shape index (κ3) is 1.21. The van der Waals surface area contributed by atoms with Crippen LogP contribution in [0.3, 0.4) is 0 Å². The third-order valence-electron chi connectivity index (χ3n) is 1.94. The molecule has 0 aliphatic carbocycles. The number of carbonyl (C=O) groups is 2. The van der Waals surface area contributed by atoms with Crippen LogP contribution >= 0.6 is 0 Å². The first-order chi connectivity index (χ1) is 6.70. The van der Waals surface area contributed by atoms with Crippen molar-refractivity contribution in [2.75, 3.05) is 0 Å². The molecule has 1 aliphatic rings. The summed E-state index contributed by atoms with van der Waals surface area (Å²) in [6.45, 7) is 0. The van der Waals surface area contributed by atoms with Gasteiger partial charge >= 0.3 is 0 Å². The maximum atomic E-state index is 13.2. The molecule has 0 bridgehead atoms. The summed E-state index contributed by atoms with van der Waals surface area (Å²) < 4.78 is 13.2. The van der Waals surface area contributed by atoms with E-state index >= 15 is 0 Å². The van der Waals surface area contributed by atoms with Crippen LogP contribution in [0.15, 0.2) is 36.2 Å². The topological polar surface area (TPSA) is 46.2 Å². The Kier molecular flexibility index (Phi) is 1.89. The molecule has 0 radical (unpaired) electrons. The second-order valence-electron chi connectivity index (χ2n) is 2.84. The van der Waals surface area contributed by atoms with Crippen molar-refractivity contribution in [2.45, 2.75) is 0 Å². The quantitative estimate of drug-likeness (QED) is 0.673. The van der Waals surface area contributed by atoms with Gasteiger partial charge in [-0.25, -0.2) is 0 Å². The van der Waals surface area contributed by atoms with Crippen molar-refractivity contribution < 1.29 is 14.0 Å². The Bertz CT molecular complexity index is 437. The van der Waals surface area contributed by atoms with E-state index in [-0.39, 0.29) is 5.57 Å². The molecular weight excluding hydrogens is 185 g/mol. The molecule has 0 saturated carbocycles. The van der Waals surface area contributed by atoms with E-state index in [1.165, 1.54) is 0 Å². The highest BCUT2D eigenvalue weighted by atomic mass is 19.1. The number of hydrogen-bond donors (Lipinski definition) is 1. The molecule has 2 amide bonds. The lowest BCUT2D eigenvalue weighted by Crippen LogP contribution is -2.22. The minimum absolute atomic E-state index is 0.185. The molecule has 4 heteroatoms. The van der Waals surface area contributed by atoms with Crippen molar-refractivity contribution in [3.8, 4) is 0 Å². The number of nitrogens with one attached hydrogen (secondary N) is 1. The molecule has 0 saturated heterocycles. The second-order valence-corrected chi connectivity index (χ2v) is 2.84. The Morgan fingerprint density at radius 1 is 1.00 bits per heavy atom. The van der Waals surface area contributed by atoms with Gasteiger partial charge in [-0.05, 0) is 5.56 Å². The highest BCUT2D eigenvalue weighted by Crippen LogP contribution is 2.24. The summed E-state index contributed by atoms with van der Waals surface area (Å²) in [4.78, 5) is 22.0. The smallest absolute Gasteiger partial charge is 0.286 e. The molecule has 0 unspecified atom stereocenters. The van der Waals surface area contributed by atoms with Gasteiger partial charge in [0.2, 0.25) is 5.83 Å². The molecule has 1 aromatic carbocycles. The maximum Gasteiger partial charge on any atom is 0.287 e. The van der Waals surface area contributed by atoms with Gasteiger partial charge in [0.05, 0.1) is 5.57 Å². The van der Waals surface area contributed by atoms with Gasteiger partial charge in [-0.3, -0.25) is 14.9 Å². The van der Waals surface area contributed by atoms with Gasteiger partial charge in [0.25, 0.3) is 11.8 Å². The molecule has 1 aliphatic heterocycles. The van der Waals surface area contributed by atoms with Crippen molar-refractivity contribution >= 4 is 17.4 Å². The number of benzene rings is 1. The molecule has 1 heterocycles. The van der Waals surface area contributed by atoms with Crippen molar-refractivity contribution in [3.05, 3.63) is 41.7 Å². The molecule has 2 rings (SSSR count). The molecular formula is C10H6FNO2. The van der Waals surface area contributed by atoms with Gasteiger partial charge in [0, 0.05) is 0 Å². The van der Waals surface area contributed by atoms with Crippen LogP contribution < -0.4 is 5.32 Å². The number of imide groups is 1. The SMILES string of the molecule is O=C1NC(=O)C(c2ccccc2)=C1F. The van der Waals surface area contributed by atoms with Crippen LogP contribution in [-0.2, 0) is 9.59 Å². The lowest BCUT2D eigenvalue weighted by atomic mass is 10.1. The molecule has 14 heavy (non-hydrogen) atoms. The van der Waals surface area contributed by atoms with Crippen LogP contribution in [0.25, 0.3) is 5.57 Å². The van der Waals surface area contributed by atoms with Crippen LogP contribution in [0, 0.1) is 0 Å². The fourth-order valence-corrected chi connectivity index (χ4v) is 1.30. The zero-order valence-electron chi connectivity index (χ0n) is 7.08. The van der Waals surface area contributed by atoms with Crippen LogP contribution in [0.1, 0.15) is 5.56 Å². The average Bonchev–Trinajstić information content (AvgIpc) is 2.43. The average molecular weight is 191 g/mol. The van der Waals surface area contributed by atoms with E-state index in [0.29, 0.717) is 5.56 Å². The Balaban J connectivity index is 2.54. The zero-order valence-corrected chi connectivity index (χ0v) is 7.08. The van der Waals surface area contributed by atoms with E-state index in [1.807, 2.05) is 5.32 Å². The van der Waals surface area contributed by atoms with E-state index in [4.69, 9.17) is 0 Å². The van der Waals surface area contributed by atoms with Crippen LogP contribution in [0.2, 0.25) is 0 Å². The Morgan fingerprint density at radius 2 is 1.64 bits per heavy atom. The monoisotopic (exact) mass is 191 g/mol. The molecule has 0 fully saturated rings. The predicted octanol–water partition coefficient (Wildman–Crippen LogP) is 1.02. The number of hydrogen-bond acceptors (Lipinski definition) is 2. The predicted molar refractivity (Wildman–Crippen MR) is 47.6 cm³/mol. The van der Waals surface area contributed by atoms with Gasteiger partial charge in [-0.15, -0.1) is 0 Å². The first kappa shape index (κ1) is 8.62. The summed E-state index contributed by atoms with van der Waals surface area (Å²) in [5.74, 6) is -2.66. The zero-order chi connectivity index (χ0) is 10.1. The van der Waals surface area contributed by atoms with Gasteiger partial charge in [-0.2, -0.15) is 4.39 Å². The molecule has 1 aromatic rings. The summed E-state index contributed by atoms with van der Waals surface area (Å²) in [5, 5.41) is 1.89. The normalized spacial score (nSPS) is 16.1. The lowest BCUT2D eigenvalue weighted by Gasteiger charge is -1.97. The molecule has 0 aromatic heterocycles. The molecule has 3 nitrogen and oxygen atoms in total. The summed E-state index contributed by atoms with van der Waals surface area (Å²) in [6, 6.07) is 8.24. The molecule has 70 valence electrons. The highest BCUT2D eigenvalue weighted by molar-refractivity contribution is 6.35. The number of rotatable bonds is 1. The van der Waals surface area contributed by atoms with Gasteiger partial charge in [-0.1, -0.05) is 30.3 Å². The Labute approximate surface area is 79.2 Å². The van der Waals surface area contributed by atoms with Crippen molar-refractivity contribution in [3.63, 3.8) is 0 Å². The minimum atomic E-state index is -1.01. The largest absolute Gasteiger partial charge is 0.287 e. The van der Waals surface area contributed by atoms with E-state index in [9.17, 15) is 14.0 Å². The van der Waals surface area contributed by atoms with Crippen molar-refractivity contribution in [2.24, 2.45) is 0 Å². The minimum Gasteiger partial charge on any atom is -0.286 e. The number of amides is 2. The van der Waals surface area contributed by atoms with Crippen LogP contribution in [-0.4, -0.2) is 11.8 Å². The fraction of sp³-hybridized carbons (Fsp3) is 0. The summed E-state index contributed by atoms with van der Waals surface area (Å²) in [6.07, 6.45) is 0. The molecule has 0 spiro atoms. The first-order valence-corrected chi connectivity index (χ1v) is 4.01. The summed E-state index contributed by atoms with van der Waals surface area (Å²) in [5.41, 5.74) is 0.226. The van der Waals surface area contributed by atoms with Gasteiger partial charge in [0.15, 0.2) is 0 Å². The van der Waals surface area contributed by atoms with E-state index in [1.54, 1.807) is 30.3 Å². The third-order valence-corrected chi connectivity index (χ3v) is 1.94. The van der Waals surface area contributed by atoms with Crippen molar-refractivity contribution in [1.82, 2.24) is 5.32 Å². The molecule has 1 N–H and O–H groups in total. The maximum absolute atomic E-state index is 13.2. The Hall–Kier alpha value is -1.97. The summed E-state index contributed by atoms with van der Waals surface area (Å²) in [7, 11) is 0. The first-order valence-electron chi connectivity index (χ1n) is 4.01. The summed E-state index contributed by atoms with van der Waals surface area (Å²) >= 11 is 0. The number of carbonyl (C=O) groups excluding carboxylic acids is 2. The van der Waals surface area contributed by atoms with Crippen LogP contribution in [0.5, 0.6) is 0 Å². The lowest BCUT2D eigenvalue weighted by molar-refractivity contribution is -0.124. The Morgan fingerprint density at radius 3 is 2.14 bits per heavy atom. The standard InChI is InChI=1S/C10H6FNO2/c11-8-7(9(13)12-10(8)14)6-4-2-1-3-5-6/h1-5H,(H,12,13,14). The van der Waals surface area contributed by atoms with Gasteiger partial charge < -0.3 is 0 Å². The van der Waals surface area contributed by atoms with E-state index in [0.717, 1.165) is 0 Å². The van der Waals surface area contributed by atoms with E-state index < -0.39 is 17.6 Å². The highest BCUT2D eigenvalue weighted by Gasteiger charge is 2.31. The van der Waals surface area contributed by atoms with Crippen molar-refractivity contribution in [1.29, 1.82) is 0 Å². The second kappa shape index (κ2) is 3.06. The fourth-order valence-electron chi connectivity index (χ4n) is 1.30. The number of halogens is 1.